The van der Waals surface area contributed by atoms with E-state index in [4.69, 9.17) is 9.47 Å². The molecule has 32 heavy (non-hydrogen) atoms. The van der Waals surface area contributed by atoms with Gasteiger partial charge in [-0.05, 0) is 86.9 Å². The molecule has 1 aromatic heterocycles. The zero-order valence-electron chi connectivity index (χ0n) is 19.3. The van der Waals surface area contributed by atoms with Crippen molar-refractivity contribution in [3.8, 4) is 11.5 Å². The number of halogens is 2. The number of rotatable bonds is 11. The van der Waals surface area contributed by atoms with Crippen LogP contribution in [0.2, 0.25) is 0 Å². The smallest absolute Gasteiger partial charge is 0.227 e. The first-order valence-corrected chi connectivity index (χ1v) is 11.7. The van der Waals surface area contributed by atoms with Crippen molar-refractivity contribution in [1.82, 2.24) is 9.80 Å². The Hall–Kier alpha value is -1.47. The lowest BCUT2D eigenvalue weighted by atomic mass is 10.0. The van der Waals surface area contributed by atoms with Crippen LogP contribution in [-0.4, -0.2) is 63.2 Å². The second-order valence-electron chi connectivity index (χ2n) is 7.98. The van der Waals surface area contributed by atoms with Gasteiger partial charge >= 0.3 is 0 Å². The highest BCUT2D eigenvalue weighted by Crippen LogP contribution is 2.32. The molecule has 0 saturated carbocycles. The van der Waals surface area contributed by atoms with E-state index in [1.165, 1.54) is 29.7 Å². The minimum atomic E-state index is 0. The fourth-order valence-corrected chi connectivity index (χ4v) is 4.78. The van der Waals surface area contributed by atoms with Crippen LogP contribution in [0.3, 0.4) is 0 Å². The van der Waals surface area contributed by atoms with Gasteiger partial charge in [0.15, 0.2) is 11.5 Å². The predicted octanol–water partition coefficient (Wildman–Crippen LogP) is 4.88. The van der Waals surface area contributed by atoms with Crippen LogP contribution in [-0.2, 0) is 24.1 Å². The molecule has 1 amide bonds. The molecule has 3 rings (SSSR count). The molecule has 180 valence electrons. The van der Waals surface area contributed by atoms with Gasteiger partial charge in [-0.25, -0.2) is 0 Å². The first-order valence-electron chi connectivity index (χ1n) is 10.8. The highest BCUT2D eigenvalue weighted by Gasteiger charge is 2.22. The molecule has 2 heterocycles. The molecule has 0 spiro atoms. The Morgan fingerprint density at radius 3 is 2.38 bits per heavy atom. The number of fused-ring (bicyclic) bond motifs is 1. The maximum absolute atomic E-state index is 12.8. The molecule has 0 aliphatic carbocycles. The Morgan fingerprint density at radius 1 is 1.03 bits per heavy atom. The second kappa shape index (κ2) is 14.6. The number of ether oxygens (including phenoxy) is 2. The van der Waals surface area contributed by atoms with E-state index in [1.807, 2.05) is 28.4 Å². The predicted molar refractivity (Wildman–Crippen MR) is 137 cm³/mol. The first kappa shape index (κ1) is 28.6. The van der Waals surface area contributed by atoms with E-state index >= 15 is 0 Å². The minimum absolute atomic E-state index is 0. The molecule has 0 N–H and O–H groups in total. The third kappa shape index (κ3) is 8.14. The zero-order valence-corrected chi connectivity index (χ0v) is 21.8. The molecule has 0 bridgehead atoms. The van der Waals surface area contributed by atoms with E-state index in [-0.39, 0.29) is 30.7 Å². The van der Waals surface area contributed by atoms with E-state index in [1.54, 1.807) is 14.2 Å². The molecule has 8 heteroatoms. The number of aryl methyl sites for hydroxylation is 1. The third-order valence-electron chi connectivity index (χ3n) is 5.81. The average Bonchev–Trinajstić information content (AvgIpc) is 3.22. The molecular formula is C24H36Cl2N2O3S. The van der Waals surface area contributed by atoms with Gasteiger partial charge in [0.05, 0.1) is 20.6 Å². The molecule has 5 nitrogen and oxygen atoms in total. The number of nitrogens with zero attached hydrogens (tertiary/aromatic N) is 2. The topological polar surface area (TPSA) is 42.0 Å². The molecule has 2 aromatic rings. The van der Waals surface area contributed by atoms with Crippen molar-refractivity contribution in [2.45, 2.75) is 38.5 Å². The third-order valence-corrected chi connectivity index (χ3v) is 6.75. The fourth-order valence-electron chi connectivity index (χ4n) is 4.03. The average molecular weight is 504 g/mol. The summed E-state index contributed by atoms with van der Waals surface area (Å²) in [5.41, 5.74) is 2.24. The van der Waals surface area contributed by atoms with E-state index in [2.05, 4.69) is 29.5 Å². The normalized spacial score (nSPS) is 13.1. The summed E-state index contributed by atoms with van der Waals surface area (Å²) in [4.78, 5) is 18.7. The van der Waals surface area contributed by atoms with Gasteiger partial charge in [0, 0.05) is 18.0 Å². The standard InChI is InChI=1S/C24H34N2O3S.2ClH/c1-25(11-5-4-8-21-9-6-15-30-21)12-7-13-26-14-10-19-16-22(28-2)23(29-3)17-20(19)18-24(26)27;;/h6,9,15-17H,4-5,7-8,10-14,18H2,1-3H3;2*1H. The van der Waals surface area contributed by atoms with Gasteiger partial charge in [-0.2, -0.15) is 0 Å². The van der Waals surface area contributed by atoms with E-state index < -0.39 is 0 Å². The summed E-state index contributed by atoms with van der Waals surface area (Å²) in [6.45, 7) is 3.73. The molecule has 0 atom stereocenters. The van der Waals surface area contributed by atoms with E-state index in [0.29, 0.717) is 12.2 Å². The van der Waals surface area contributed by atoms with Crippen LogP contribution in [0.15, 0.2) is 29.6 Å². The molecule has 1 aromatic carbocycles. The molecule has 1 aliphatic heterocycles. The Bertz CT molecular complexity index is 818. The first-order chi connectivity index (χ1) is 14.6. The van der Waals surface area contributed by atoms with Crippen molar-refractivity contribution in [2.24, 2.45) is 0 Å². The van der Waals surface area contributed by atoms with Gasteiger partial charge in [0.2, 0.25) is 5.91 Å². The summed E-state index contributed by atoms with van der Waals surface area (Å²) < 4.78 is 10.8. The lowest BCUT2D eigenvalue weighted by Crippen LogP contribution is -2.35. The van der Waals surface area contributed by atoms with Crippen LogP contribution in [0, 0.1) is 0 Å². The molecule has 0 saturated heterocycles. The Morgan fingerprint density at radius 2 is 1.72 bits per heavy atom. The summed E-state index contributed by atoms with van der Waals surface area (Å²) in [7, 11) is 5.47. The van der Waals surface area contributed by atoms with Crippen LogP contribution in [0.1, 0.15) is 35.3 Å². The number of benzene rings is 1. The monoisotopic (exact) mass is 502 g/mol. The molecule has 0 unspecified atom stereocenters. The van der Waals surface area contributed by atoms with Crippen LogP contribution < -0.4 is 9.47 Å². The Balaban J connectivity index is 0.00000256. The van der Waals surface area contributed by atoms with Gasteiger partial charge < -0.3 is 19.3 Å². The summed E-state index contributed by atoms with van der Waals surface area (Å²) in [6.07, 6.45) is 5.95. The second-order valence-corrected chi connectivity index (χ2v) is 9.01. The maximum atomic E-state index is 12.8. The van der Waals surface area contributed by atoms with Gasteiger partial charge in [0.1, 0.15) is 0 Å². The van der Waals surface area contributed by atoms with Crippen LogP contribution in [0.5, 0.6) is 11.5 Å². The SMILES string of the molecule is COc1cc2c(cc1OC)CC(=O)N(CCCN(C)CCCCc1cccs1)CC2.Cl.Cl. The molecule has 1 aliphatic rings. The van der Waals surface area contributed by atoms with Crippen molar-refractivity contribution in [3.63, 3.8) is 0 Å². The van der Waals surface area contributed by atoms with Gasteiger partial charge in [-0.1, -0.05) is 6.07 Å². The number of carbonyl (C=O) groups is 1. The van der Waals surface area contributed by atoms with Gasteiger partial charge in [-0.15, -0.1) is 36.2 Å². The highest BCUT2D eigenvalue weighted by molar-refractivity contribution is 7.09. The largest absolute Gasteiger partial charge is 0.493 e. The Kier molecular flexibility index (Phi) is 13.1. The molecular weight excluding hydrogens is 467 g/mol. The number of methoxy groups -OCH3 is 2. The molecule has 0 fully saturated rings. The van der Waals surface area contributed by atoms with Crippen LogP contribution in [0.4, 0.5) is 0 Å². The van der Waals surface area contributed by atoms with Gasteiger partial charge in [-0.3, -0.25) is 4.79 Å². The van der Waals surface area contributed by atoms with Crippen LogP contribution >= 0.6 is 36.2 Å². The number of thiophene rings is 1. The minimum Gasteiger partial charge on any atom is -0.493 e. The van der Waals surface area contributed by atoms with E-state index in [0.717, 1.165) is 50.3 Å². The lowest BCUT2D eigenvalue weighted by Gasteiger charge is -2.22. The lowest BCUT2D eigenvalue weighted by molar-refractivity contribution is -0.130. The number of carbonyl (C=O) groups excluding carboxylic acids is 1. The number of hydrogen-bond donors (Lipinski definition) is 0. The Labute approximate surface area is 208 Å². The van der Waals surface area contributed by atoms with Crippen molar-refractivity contribution in [2.75, 3.05) is 47.4 Å². The quantitative estimate of drug-likeness (QED) is 0.410. The van der Waals surface area contributed by atoms with Crippen molar-refractivity contribution in [1.29, 1.82) is 0 Å². The summed E-state index contributed by atoms with van der Waals surface area (Å²) in [6, 6.07) is 8.33. The zero-order chi connectivity index (χ0) is 21.3. The fraction of sp³-hybridized carbons (Fsp3) is 0.542. The number of amides is 1. The molecule has 0 radical (unpaired) electrons. The van der Waals surface area contributed by atoms with Crippen molar-refractivity contribution < 1.29 is 14.3 Å². The number of hydrogen-bond acceptors (Lipinski definition) is 5. The summed E-state index contributed by atoms with van der Waals surface area (Å²) in [5, 5.41) is 2.15. The van der Waals surface area contributed by atoms with Crippen LogP contribution in [0.25, 0.3) is 0 Å². The van der Waals surface area contributed by atoms with E-state index in [9.17, 15) is 4.79 Å². The summed E-state index contributed by atoms with van der Waals surface area (Å²) in [5.74, 6) is 1.63. The summed E-state index contributed by atoms with van der Waals surface area (Å²) >= 11 is 1.85. The maximum Gasteiger partial charge on any atom is 0.227 e. The van der Waals surface area contributed by atoms with Crippen molar-refractivity contribution in [3.05, 3.63) is 45.6 Å². The number of unbranched alkanes of at least 4 members (excludes halogenated alkanes) is 1. The van der Waals surface area contributed by atoms with Crippen molar-refractivity contribution >= 4 is 42.1 Å². The highest BCUT2D eigenvalue weighted by atomic mass is 35.5. The van der Waals surface area contributed by atoms with Gasteiger partial charge in [0.25, 0.3) is 0 Å².